The van der Waals surface area contributed by atoms with Gasteiger partial charge < -0.3 is 10.2 Å². The van der Waals surface area contributed by atoms with Crippen LogP contribution in [0.15, 0.2) is 12.2 Å². The summed E-state index contributed by atoms with van der Waals surface area (Å²) in [6.45, 7) is 5.08. The highest BCUT2D eigenvalue weighted by atomic mass is 15.1. The molecule has 0 aromatic rings. The summed E-state index contributed by atoms with van der Waals surface area (Å²) in [5, 5.41) is 3.71. The fraction of sp³-hybridized carbons (Fsp3) is 0.857. The fourth-order valence-electron chi connectivity index (χ4n) is 3.80. The zero-order valence-electron chi connectivity index (χ0n) is 10.4. The van der Waals surface area contributed by atoms with Crippen LogP contribution in [0.3, 0.4) is 0 Å². The molecule has 3 rings (SSSR count). The van der Waals surface area contributed by atoms with Crippen LogP contribution in [0.25, 0.3) is 0 Å². The van der Waals surface area contributed by atoms with Gasteiger partial charge in [0.05, 0.1) is 0 Å². The number of hydrogen-bond acceptors (Lipinski definition) is 2. The van der Waals surface area contributed by atoms with Crippen LogP contribution in [0, 0.1) is 23.7 Å². The molecule has 2 heteroatoms. The molecule has 2 fully saturated rings. The molecule has 1 saturated carbocycles. The molecule has 0 amide bonds. The van der Waals surface area contributed by atoms with Gasteiger partial charge in [0.15, 0.2) is 0 Å². The molecule has 0 radical (unpaired) electrons. The normalized spacial score (nSPS) is 42.3. The first-order chi connectivity index (χ1) is 7.81. The van der Waals surface area contributed by atoms with Gasteiger partial charge in [0.25, 0.3) is 0 Å². The van der Waals surface area contributed by atoms with Gasteiger partial charge in [-0.3, -0.25) is 0 Å². The molecule has 4 unspecified atom stereocenters. The minimum Gasteiger partial charge on any atom is -0.316 e. The SMILES string of the molecule is CN1CCC(CNCC2CC3C=CC2C3)C1. The summed E-state index contributed by atoms with van der Waals surface area (Å²) in [4.78, 5) is 2.45. The second kappa shape index (κ2) is 4.50. The summed E-state index contributed by atoms with van der Waals surface area (Å²) in [6, 6.07) is 0. The summed E-state index contributed by atoms with van der Waals surface area (Å²) in [6.07, 6.45) is 9.17. The Kier molecular flexibility index (Phi) is 3.03. The Bertz CT molecular complexity index is 274. The van der Waals surface area contributed by atoms with Gasteiger partial charge >= 0.3 is 0 Å². The van der Waals surface area contributed by atoms with Crippen molar-refractivity contribution in [2.75, 3.05) is 33.2 Å². The molecule has 4 atom stereocenters. The number of nitrogens with zero attached hydrogens (tertiary/aromatic N) is 1. The molecule has 1 N–H and O–H groups in total. The highest BCUT2D eigenvalue weighted by molar-refractivity contribution is 5.10. The number of likely N-dealkylation sites (tertiary alicyclic amines) is 1. The van der Waals surface area contributed by atoms with Crippen LogP contribution in [-0.2, 0) is 0 Å². The van der Waals surface area contributed by atoms with Gasteiger partial charge in [0, 0.05) is 6.54 Å². The summed E-state index contributed by atoms with van der Waals surface area (Å²) >= 11 is 0. The molecule has 2 aliphatic carbocycles. The maximum absolute atomic E-state index is 3.71. The first-order valence-electron chi connectivity index (χ1n) is 6.89. The van der Waals surface area contributed by atoms with Gasteiger partial charge in [-0.1, -0.05) is 12.2 Å². The van der Waals surface area contributed by atoms with Crippen molar-refractivity contribution in [2.24, 2.45) is 23.7 Å². The highest BCUT2D eigenvalue weighted by Crippen LogP contribution is 2.42. The van der Waals surface area contributed by atoms with Crippen LogP contribution >= 0.6 is 0 Å². The number of hydrogen-bond donors (Lipinski definition) is 1. The maximum Gasteiger partial charge on any atom is 0.00192 e. The molecule has 2 bridgehead atoms. The van der Waals surface area contributed by atoms with Gasteiger partial charge in [-0.2, -0.15) is 0 Å². The topological polar surface area (TPSA) is 15.3 Å². The predicted molar refractivity (Wildman–Crippen MR) is 67.3 cm³/mol. The van der Waals surface area contributed by atoms with Crippen molar-refractivity contribution in [3.05, 3.63) is 12.2 Å². The Morgan fingerprint density at radius 3 is 2.81 bits per heavy atom. The third-order valence-corrected chi connectivity index (χ3v) is 4.74. The largest absolute Gasteiger partial charge is 0.316 e. The van der Waals surface area contributed by atoms with E-state index >= 15 is 0 Å². The van der Waals surface area contributed by atoms with Crippen LogP contribution in [0.4, 0.5) is 0 Å². The standard InChI is InChI=1S/C14H24N2/c1-16-5-4-12(10-16)8-15-9-14-7-11-2-3-13(14)6-11/h2-3,11-15H,4-10H2,1H3. The molecule has 1 saturated heterocycles. The average Bonchev–Trinajstić information content (AvgIpc) is 2.94. The Morgan fingerprint density at radius 2 is 2.19 bits per heavy atom. The molecular weight excluding hydrogens is 196 g/mol. The highest BCUT2D eigenvalue weighted by Gasteiger charge is 2.35. The molecular formula is C14H24N2. The van der Waals surface area contributed by atoms with E-state index in [0.717, 1.165) is 23.7 Å². The van der Waals surface area contributed by atoms with Gasteiger partial charge in [0.1, 0.15) is 0 Å². The Morgan fingerprint density at radius 1 is 1.25 bits per heavy atom. The lowest BCUT2D eigenvalue weighted by Crippen LogP contribution is -2.30. The van der Waals surface area contributed by atoms with Crippen LogP contribution in [0.5, 0.6) is 0 Å². The lowest BCUT2D eigenvalue weighted by molar-refractivity contribution is 0.368. The Hall–Kier alpha value is -0.340. The lowest BCUT2D eigenvalue weighted by Gasteiger charge is -2.20. The van der Waals surface area contributed by atoms with Crippen molar-refractivity contribution in [1.29, 1.82) is 0 Å². The first kappa shape index (κ1) is 10.8. The minimum absolute atomic E-state index is 0.902. The first-order valence-corrected chi connectivity index (χ1v) is 6.89. The predicted octanol–water partition coefficient (Wildman–Crippen LogP) is 1.74. The molecule has 3 aliphatic rings. The molecule has 0 aromatic carbocycles. The lowest BCUT2D eigenvalue weighted by atomic mass is 9.93. The van der Waals surface area contributed by atoms with Crippen molar-refractivity contribution in [3.8, 4) is 0 Å². The van der Waals surface area contributed by atoms with E-state index < -0.39 is 0 Å². The van der Waals surface area contributed by atoms with E-state index in [9.17, 15) is 0 Å². The Labute approximate surface area is 99.1 Å². The molecule has 90 valence electrons. The smallest absolute Gasteiger partial charge is 0.00192 e. The number of nitrogens with one attached hydrogen (secondary N) is 1. The van der Waals surface area contributed by atoms with Crippen LogP contribution in [0.1, 0.15) is 19.3 Å². The van der Waals surface area contributed by atoms with Crippen LogP contribution in [-0.4, -0.2) is 38.1 Å². The number of fused-ring (bicyclic) bond motifs is 2. The van der Waals surface area contributed by atoms with E-state index in [1.54, 1.807) is 0 Å². The average molecular weight is 220 g/mol. The van der Waals surface area contributed by atoms with Gasteiger partial charge in [-0.25, -0.2) is 0 Å². The van der Waals surface area contributed by atoms with E-state index in [2.05, 4.69) is 29.4 Å². The third-order valence-electron chi connectivity index (χ3n) is 4.74. The van der Waals surface area contributed by atoms with Crippen molar-refractivity contribution >= 4 is 0 Å². The van der Waals surface area contributed by atoms with Crippen molar-refractivity contribution in [3.63, 3.8) is 0 Å². The van der Waals surface area contributed by atoms with Gasteiger partial charge in [0.2, 0.25) is 0 Å². The zero-order valence-corrected chi connectivity index (χ0v) is 10.4. The summed E-state index contributed by atoms with van der Waals surface area (Å²) in [7, 11) is 2.24. The van der Waals surface area contributed by atoms with E-state index in [-0.39, 0.29) is 0 Å². The van der Waals surface area contributed by atoms with E-state index in [0.29, 0.717) is 0 Å². The fourth-order valence-corrected chi connectivity index (χ4v) is 3.80. The summed E-state index contributed by atoms with van der Waals surface area (Å²) < 4.78 is 0. The molecule has 16 heavy (non-hydrogen) atoms. The maximum atomic E-state index is 3.71. The Balaban J connectivity index is 1.36. The zero-order chi connectivity index (χ0) is 11.0. The quantitative estimate of drug-likeness (QED) is 0.726. The van der Waals surface area contributed by atoms with E-state index in [4.69, 9.17) is 0 Å². The number of allylic oxidation sites excluding steroid dienone is 2. The van der Waals surface area contributed by atoms with Crippen molar-refractivity contribution in [1.82, 2.24) is 10.2 Å². The second-order valence-electron chi connectivity index (χ2n) is 6.12. The molecule has 1 heterocycles. The monoisotopic (exact) mass is 220 g/mol. The summed E-state index contributed by atoms with van der Waals surface area (Å²) in [5.41, 5.74) is 0. The molecule has 2 nitrogen and oxygen atoms in total. The molecule has 0 spiro atoms. The third kappa shape index (κ3) is 2.18. The molecule has 0 aromatic heterocycles. The number of rotatable bonds is 4. The van der Waals surface area contributed by atoms with Gasteiger partial charge in [-0.15, -0.1) is 0 Å². The van der Waals surface area contributed by atoms with E-state index in [1.807, 2.05) is 0 Å². The minimum atomic E-state index is 0.902. The second-order valence-corrected chi connectivity index (χ2v) is 6.12. The van der Waals surface area contributed by atoms with Crippen molar-refractivity contribution in [2.45, 2.75) is 19.3 Å². The summed E-state index contributed by atoms with van der Waals surface area (Å²) in [5.74, 6) is 3.67. The van der Waals surface area contributed by atoms with E-state index in [1.165, 1.54) is 45.4 Å². The van der Waals surface area contributed by atoms with Crippen LogP contribution in [0.2, 0.25) is 0 Å². The van der Waals surface area contributed by atoms with Crippen molar-refractivity contribution < 1.29 is 0 Å². The van der Waals surface area contributed by atoms with Gasteiger partial charge in [-0.05, 0) is 69.6 Å². The molecule has 1 aliphatic heterocycles. The van der Waals surface area contributed by atoms with Crippen LogP contribution < -0.4 is 5.32 Å².